The molecule has 2 spiro atoms. The Balaban J connectivity index is 1.23. The Morgan fingerprint density at radius 2 is 2.09 bits per heavy atom. The number of alkyl carbamates (subject to hydrolysis) is 1. The molecule has 5 aliphatic rings. The third-order valence-electron chi connectivity index (χ3n) is 10.2. The van der Waals surface area contributed by atoms with Gasteiger partial charge in [0.2, 0.25) is 0 Å². The number of carbonyl (C=O) groups excluding carboxylic acids is 1. The molecule has 2 aromatic rings. The van der Waals surface area contributed by atoms with Crippen LogP contribution < -0.4 is 5.32 Å². The van der Waals surface area contributed by atoms with Crippen molar-refractivity contribution in [3.63, 3.8) is 0 Å². The van der Waals surface area contributed by atoms with Crippen molar-refractivity contribution >= 4 is 16.9 Å². The molecule has 2 bridgehead atoms. The van der Waals surface area contributed by atoms with Crippen molar-refractivity contribution in [3.05, 3.63) is 65.5 Å². The van der Waals surface area contributed by atoms with E-state index in [9.17, 15) is 4.79 Å². The molecule has 182 valence electrons. The second-order valence-electron chi connectivity index (χ2n) is 11.7. The summed E-state index contributed by atoms with van der Waals surface area (Å²) in [5.41, 5.74) is 4.01. The van der Waals surface area contributed by atoms with Crippen molar-refractivity contribution in [3.8, 4) is 0 Å². The van der Waals surface area contributed by atoms with Crippen molar-refractivity contribution in [2.24, 2.45) is 11.3 Å². The molecule has 1 amide bonds. The van der Waals surface area contributed by atoms with Crippen molar-refractivity contribution in [2.75, 3.05) is 7.05 Å². The van der Waals surface area contributed by atoms with Crippen LogP contribution in [0.4, 0.5) is 4.79 Å². The minimum absolute atomic E-state index is 0.0784. The molecule has 35 heavy (non-hydrogen) atoms. The van der Waals surface area contributed by atoms with E-state index < -0.39 is 0 Å². The summed E-state index contributed by atoms with van der Waals surface area (Å²) in [7, 11) is 1.62. The molecule has 3 aliphatic carbocycles. The monoisotopic (exact) mass is 470 g/mol. The van der Waals surface area contributed by atoms with Crippen LogP contribution in [0.2, 0.25) is 0 Å². The van der Waals surface area contributed by atoms with Gasteiger partial charge >= 0.3 is 6.09 Å². The van der Waals surface area contributed by atoms with Crippen molar-refractivity contribution < 1.29 is 14.3 Å². The number of rotatable bonds is 2. The van der Waals surface area contributed by atoms with Gasteiger partial charge in [0.15, 0.2) is 0 Å². The molecule has 3 heterocycles. The Bertz CT molecular complexity index is 1280. The number of hydrogen-bond acceptors (Lipinski definition) is 4. The van der Waals surface area contributed by atoms with Gasteiger partial charge in [-0.05, 0) is 96.4 Å². The Hall–Kier alpha value is -2.66. The third-order valence-corrected chi connectivity index (χ3v) is 10.2. The molecule has 3 fully saturated rings. The van der Waals surface area contributed by atoms with E-state index in [0.717, 1.165) is 38.5 Å². The Kier molecular flexibility index (Phi) is 4.58. The molecule has 5 heteroatoms. The fourth-order valence-corrected chi connectivity index (χ4v) is 8.54. The molecule has 1 saturated heterocycles. The zero-order valence-corrected chi connectivity index (χ0v) is 20.7. The molecular formula is C30H34N2O3. The topological polar surface area (TPSA) is 60.5 Å². The first kappa shape index (κ1) is 21.6. The lowest BCUT2D eigenvalue weighted by molar-refractivity contribution is -0.144. The smallest absolute Gasteiger partial charge is 0.407 e. The van der Waals surface area contributed by atoms with Crippen LogP contribution in [0, 0.1) is 11.3 Å². The molecule has 2 aliphatic heterocycles. The minimum atomic E-state index is -0.336. The van der Waals surface area contributed by atoms with E-state index in [4.69, 9.17) is 9.47 Å². The highest BCUT2D eigenvalue weighted by Crippen LogP contribution is 2.69. The van der Waals surface area contributed by atoms with Gasteiger partial charge in [-0.15, -0.1) is 0 Å². The van der Waals surface area contributed by atoms with Gasteiger partial charge < -0.3 is 14.8 Å². The summed E-state index contributed by atoms with van der Waals surface area (Å²) in [6.45, 7) is 2.51. The third kappa shape index (κ3) is 2.97. The lowest BCUT2D eigenvalue weighted by Gasteiger charge is -2.54. The van der Waals surface area contributed by atoms with E-state index in [2.05, 4.69) is 53.6 Å². The zero-order valence-electron chi connectivity index (χ0n) is 20.7. The number of hydrogen-bond donors (Lipinski definition) is 1. The summed E-state index contributed by atoms with van der Waals surface area (Å²) >= 11 is 0. The molecule has 1 unspecified atom stereocenters. The number of pyridine rings is 1. The Labute approximate surface area is 207 Å². The predicted molar refractivity (Wildman–Crippen MR) is 135 cm³/mol. The van der Waals surface area contributed by atoms with Gasteiger partial charge in [-0.1, -0.05) is 31.2 Å². The Morgan fingerprint density at radius 1 is 1.17 bits per heavy atom. The largest absolute Gasteiger partial charge is 0.446 e. The van der Waals surface area contributed by atoms with E-state index in [0.29, 0.717) is 11.8 Å². The van der Waals surface area contributed by atoms with Crippen LogP contribution in [-0.4, -0.2) is 35.4 Å². The summed E-state index contributed by atoms with van der Waals surface area (Å²) < 4.78 is 13.0. The highest BCUT2D eigenvalue weighted by molar-refractivity contribution is 5.82. The molecule has 1 aromatic heterocycles. The summed E-state index contributed by atoms with van der Waals surface area (Å²) in [5.74, 6) is 1.02. The molecular weight excluding hydrogens is 436 g/mol. The van der Waals surface area contributed by atoms with Gasteiger partial charge in [0.25, 0.3) is 0 Å². The SMILES string of the molecule is CNC(=O)O[C@@H]1CCC2=CC3=CC[C@@]4(C)C(CC[C@@H]4c4ccc5ccncc5c4)[C@@]34CC[C@]2(C1)O4. The van der Waals surface area contributed by atoms with Crippen LogP contribution >= 0.6 is 0 Å². The highest BCUT2D eigenvalue weighted by Gasteiger charge is 2.66. The normalized spacial score (nSPS) is 39.2. The fourth-order valence-electron chi connectivity index (χ4n) is 8.54. The standard InChI is InChI=1S/C30H34N2O3/c1-28-11-9-23-16-22-5-6-24(34-27(33)31-2)17-29(22)12-13-30(23,35-29)26(28)8-7-25(28)20-4-3-19-10-14-32-18-21(19)15-20/h3-4,9-10,14-16,18,24-26H,5-8,11-13,17H2,1-2H3,(H,31,33)/t24-,25-,26?,28-,29-,30-/m1/s1. The van der Waals surface area contributed by atoms with Crippen LogP contribution in [0.1, 0.15) is 69.8 Å². The van der Waals surface area contributed by atoms with Crippen molar-refractivity contribution in [1.29, 1.82) is 0 Å². The summed E-state index contributed by atoms with van der Waals surface area (Å²) in [5, 5.41) is 5.09. The van der Waals surface area contributed by atoms with Crippen LogP contribution in [0.15, 0.2) is 60.0 Å². The van der Waals surface area contributed by atoms with Gasteiger partial charge in [-0.3, -0.25) is 4.98 Å². The Morgan fingerprint density at radius 3 is 2.97 bits per heavy atom. The number of benzene rings is 1. The molecule has 0 radical (unpaired) electrons. The van der Waals surface area contributed by atoms with Crippen LogP contribution in [-0.2, 0) is 9.47 Å². The number of aromatic nitrogens is 1. The number of amides is 1. The average Bonchev–Trinajstić information content (AvgIpc) is 3.38. The first-order valence-electron chi connectivity index (χ1n) is 13.3. The number of ether oxygens (including phenoxy) is 2. The first-order chi connectivity index (χ1) is 17.0. The summed E-state index contributed by atoms with van der Waals surface area (Å²) in [6, 6.07) is 9.07. The van der Waals surface area contributed by atoms with Crippen LogP contribution in [0.5, 0.6) is 0 Å². The molecule has 1 aromatic carbocycles. The maximum Gasteiger partial charge on any atom is 0.407 e. The molecule has 2 saturated carbocycles. The maximum atomic E-state index is 11.9. The molecule has 1 N–H and O–H groups in total. The number of allylic oxidation sites excluding steroid dienone is 1. The second-order valence-corrected chi connectivity index (χ2v) is 11.7. The lowest BCUT2D eigenvalue weighted by atomic mass is 9.58. The minimum Gasteiger partial charge on any atom is -0.446 e. The molecule has 6 atom stereocenters. The number of fused-ring (bicyclic) bond motifs is 2. The number of nitrogens with one attached hydrogen (secondary N) is 1. The zero-order chi connectivity index (χ0) is 23.8. The quantitative estimate of drug-likeness (QED) is 0.568. The predicted octanol–water partition coefficient (Wildman–Crippen LogP) is 6.20. The van der Waals surface area contributed by atoms with Crippen LogP contribution in [0.25, 0.3) is 10.8 Å². The summed E-state index contributed by atoms with van der Waals surface area (Å²) in [4.78, 5) is 16.3. The average molecular weight is 471 g/mol. The van der Waals surface area contributed by atoms with E-state index in [1.807, 2.05) is 12.4 Å². The number of nitrogens with zero attached hydrogens (tertiary/aromatic N) is 1. The number of carbonyl (C=O) groups is 1. The fraction of sp³-hybridized carbons (Fsp3) is 0.533. The van der Waals surface area contributed by atoms with Crippen molar-refractivity contribution in [2.45, 2.75) is 81.5 Å². The first-order valence-corrected chi connectivity index (χ1v) is 13.3. The van der Waals surface area contributed by atoms with Gasteiger partial charge in [0.05, 0.1) is 11.2 Å². The van der Waals surface area contributed by atoms with E-state index in [1.165, 1.54) is 40.3 Å². The van der Waals surface area contributed by atoms with Crippen LogP contribution in [0.3, 0.4) is 0 Å². The van der Waals surface area contributed by atoms with E-state index >= 15 is 0 Å². The van der Waals surface area contributed by atoms with Gasteiger partial charge in [-0.25, -0.2) is 4.79 Å². The van der Waals surface area contributed by atoms with E-state index in [-0.39, 0.29) is 28.8 Å². The van der Waals surface area contributed by atoms with Gasteiger partial charge in [0.1, 0.15) is 6.10 Å². The van der Waals surface area contributed by atoms with Gasteiger partial charge in [0, 0.05) is 31.2 Å². The molecule has 5 nitrogen and oxygen atoms in total. The second kappa shape index (κ2) is 7.42. The van der Waals surface area contributed by atoms with Gasteiger partial charge in [-0.2, -0.15) is 0 Å². The molecule has 7 rings (SSSR count). The lowest BCUT2D eigenvalue weighted by Crippen LogP contribution is -2.54. The van der Waals surface area contributed by atoms with E-state index in [1.54, 1.807) is 7.05 Å². The maximum absolute atomic E-state index is 11.9. The van der Waals surface area contributed by atoms with Crippen molar-refractivity contribution in [1.82, 2.24) is 10.3 Å². The highest BCUT2D eigenvalue weighted by atomic mass is 16.6. The summed E-state index contributed by atoms with van der Waals surface area (Å²) in [6.07, 6.45) is 16.7.